The van der Waals surface area contributed by atoms with Crippen molar-refractivity contribution in [1.82, 2.24) is 5.32 Å². The maximum Gasteiger partial charge on any atom is 0.207 e. The Morgan fingerprint density at radius 3 is 2.35 bits per heavy atom. The van der Waals surface area contributed by atoms with Crippen LogP contribution in [0.3, 0.4) is 0 Å². The van der Waals surface area contributed by atoms with Crippen LogP contribution in [0, 0.1) is 18.2 Å². The second-order valence-corrected chi connectivity index (χ2v) is 7.42. The number of rotatable bonds is 5. The summed E-state index contributed by atoms with van der Waals surface area (Å²) in [5.74, 6) is -0.476. The Bertz CT molecular complexity index is 1190. The number of amides is 1. The summed E-state index contributed by atoms with van der Waals surface area (Å²) in [6.45, 7) is 2.15. The van der Waals surface area contributed by atoms with Crippen molar-refractivity contribution in [3.63, 3.8) is 0 Å². The van der Waals surface area contributed by atoms with Crippen LogP contribution in [0.5, 0.6) is 0 Å². The largest absolute Gasteiger partial charge is 0.396 e. The quantitative estimate of drug-likeness (QED) is 0.186. The van der Waals surface area contributed by atoms with Gasteiger partial charge in [-0.25, -0.2) is 4.39 Å². The number of halogens is 1. The number of allylic oxidation sites excluding steroid dienone is 6. The van der Waals surface area contributed by atoms with E-state index in [0.717, 1.165) is 28.3 Å². The smallest absolute Gasteiger partial charge is 0.207 e. The summed E-state index contributed by atoms with van der Waals surface area (Å²) in [6, 6.07) is 16.8. The van der Waals surface area contributed by atoms with E-state index in [1.807, 2.05) is 54.6 Å². The molecule has 0 aliphatic heterocycles. The van der Waals surface area contributed by atoms with Crippen molar-refractivity contribution in [2.75, 3.05) is 18.9 Å². The number of carbonyl (C=O) groups is 1. The van der Waals surface area contributed by atoms with Crippen LogP contribution >= 0.6 is 0 Å². The Hall–Kier alpha value is -4.03. The molecule has 1 amide bonds. The molecule has 0 bridgehead atoms. The lowest BCUT2D eigenvalue weighted by molar-refractivity contribution is -0.109. The first-order valence-corrected chi connectivity index (χ1v) is 10.9. The molecule has 0 saturated heterocycles. The van der Waals surface area contributed by atoms with Gasteiger partial charge in [-0.1, -0.05) is 72.9 Å². The summed E-state index contributed by atoms with van der Waals surface area (Å²) < 4.78 is 13.7. The van der Waals surface area contributed by atoms with Gasteiger partial charge in [0.1, 0.15) is 5.82 Å². The van der Waals surface area contributed by atoms with Crippen LogP contribution in [0.4, 0.5) is 10.1 Å². The molecular weight excluding hydrogens is 429 g/mol. The molecule has 6 heteroatoms. The first-order valence-electron chi connectivity index (χ1n) is 10.9. The molecule has 5 N–H and O–H groups in total. The SMILES string of the molecule is C1=CC=CCC=C1.Cc1cc(F)c(N)c(C(=N)c2ccc3ccccc3c2)c1.O=CNCCO. The van der Waals surface area contributed by atoms with E-state index in [2.05, 4.69) is 29.6 Å². The van der Waals surface area contributed by atoms with Gasteiger partial charge in [-0.15, -0.1) is 0 Å². The lowest BCUT2D eigenvalue weighted by atomic mass is 9.97. The van der Waals surface area contributed by atoms with Gasteiger partial charge in [0.2, 0.25) is 6.41 Å². The molecule has 0 saturated carbocycles. The van der Waals surface area contributed by atoms with Crippen molar-refractivity contribution >= 4 is 28.6 Å². The minimum Gasteiger partial charge on any atom is -0.396 e. The van der Waals surface area contributed by atoms with Crippen LogP contribution < -0.4 is 11.1 Å². The number of fused-ring (bicyclic) bond motifs is 1. The minimum absolute atomic E-state index is 0.0126. The average Bonchev–Trinajstić information content (AvgIpc) is 3.18. The number of nitrogens with two attached hydrogens (primary N) is 1. The van der Waals surface area contributed by atoms with Crippen LogP contribution in [0.25, 0.3) is 10.8 Å². The van der Waals surface area contributed by atoms with Crippen LogP contribution in [0.1, 0.15) is 23.1 Å². The lowest BCUT2D eigenvalue weighted by Gasteiger charge is -2.11. The molecule has 0 heterocycles. The number of aryl methyl sites for hydroxylation is 1. The Labute approximate surface area is 199 Å². The number of carbonyl (C=O) groups excluding carboxylic acids is 1. The molecule has 0 radical (unpaired) electrons. The van der Waals surface area contributed by atoms with Gasteiger partial charge in [0.25, 0.3) is 0 Å². The van der Waals surface area contributed by atoms with E-state index < -0.39 is 5.82 Å². The molecule has 0 atom stereocenters. The Kier molecular flexibility index (Phi) is 10.9. The van der Waals surface area contributed by atoms with Gasteiger partial charge >= 0.3 is 0 Å². The summed E-state index contributed by atoms with van der Waals surface area (Å²) in [6.07, 6.45) is 14.1. The van der Waals surface area contributed by atoms with E-state index in [-0.39, 0.29) is 18.0 Å². The van der Waals surface area contributed by atoms with Gasteiger partial charge in [0.05, 0.1) is 18.0 Å². The molecule has 3 aromatic rings. The Morgan fingerprint density at radius 1 is 1.06 bits per heavy atom. The predicted octanol–water partition coefficient (Wildman–Crippen LogP) is 5.07. The normalized spacial score (nSPS) is 11.5. The topological polar surface area (TPSA) is 99.2 Å². The van der Waals surface area contributed by atoms with Gasteiger partial charge in [-0.2, -0.15) is 0 Å². The number of aliphatic hydroxyl groups is 1. The van der Waals surface area contributed by atoms with E-state index in [9.17, 15) is 9.18 Å². The molecule has 1 aliphatic carbocycles. The summed E-state index contributed by atoms with van der Waals surface area (Å²) >= 11 is 0. The third-order valence-electron chi connectivity index (χ3n) is 4.80. The highest BCUT2D eigenvalue weighted by Crippen LogP contribution is 2.24. The fourth-order valence-electron chi connectivity index (χ4n) is 3.11. The van der Waals surface area contributed by atoms with Crippen molar-refractivity contribution < 1.29 is 14.3 Å². The number of benzene rings is 3. The molecule has 0 unspecified atom stereocenters. The zero-order chi connectivity index (χ0) is 24.8. The van der Waals surface area contributed by atoms with E-state index in [1.54, 1.807) is 13.0 Å². The summed E-state index contributed by atoms with van der Waals surface area (Å²) in [5, 5.41) is 20.7. The monoisotopic (exact) mass is 459 g/mol. The van der Waals surface area contributed by atoms with Gasteiger partial charge in [-0.05, 0) is 47.9 Å². The second-order valence-electron chi connectivity index (χ2n) is 7.42. The summed E-state index contributed by atoms with van der Waals surface area (Å²) in [7, 11) is 0. The molecule has 4 rings (SSSR count). The molecule has 3 aromatic carbocycles. The zero-order valence-electron chi connectivity index (χ0n) is 19.2. The van der Waals surface area contributed by atoms with Gasteiger partial charge in [0.15, 0.2) is 0 Å². The van der Waals surface area contributed by atoms with Crippen LogP contribution in [-0.4, -0.2) is 30.4 Å². The molecule has 0 aromatic heterocycles. The predicted molar refractivity (Wildman–Crippen MR) is 139 cm³/mol. The molecule has 34 heavy (non-hydrogen) atoms. The van der Waals surface area contributed by atoms with Crippen LogP contribution in [0.2, 0.25) is 0 Å². The summed E-state index contributed by atoms with van der Waals surface area (Å²) in [4.78, 5) is 9.34. The zero-order valence-corrected chi connectivity index (χ0v) is 19.2. The number of nitrogens with one attached hydrogen (secondary N) is 2. The maximum absolute atomic E-state index is 13.7. The van der Waals surface area contributed by atoms with Crippen molar-refractivity contribution in [2.45, 2.75) is 13.3 Å². The first-order chi connectivity index (χ1) is 16.5. The van der Waals surface area contributed by atoms with Crippen LogP contribution in [-0.2, 0) is 4.79 Å². The molecule has 1 aliphatic rings. The first kappa shape index (κ1) is 26.2. The number of hydrogen-bond acceptors (Lipinski definition) is 4. The highest BCUT2D eigenvalue weighted by molar-refractivity contribution is 6.15. The minimum atomic E-state index is -0.476. The maximum atomic E-state index is 13.7. The standard InChI is InChI=1S/C18H15FN2.C7H8.C3H7NO2/c1-11-8-15(18(21)16(19)9-11)17(20)14-7-6-12-4-2-3-5-13(12)10-14;1-2-4-6-7-5-3-1;5-2-1-4-3-6/h2-10,20H,21H2,1H3;1-6H,7H2;3,5H,1-2H2,(H,4,6). The molecule has 0 fully saturated rings. The number of anilines is 1. The molecular formula is C28H30FN3O2. The van der Waals surface area contributed by atoms with Crippen LogP contribution in [0.15, 0.2) is 91.1 Å². The molecule has 176 valence electrons. The van der Waals surface area contributed by atoms with Crippen molar-refractivity contribution in [3.05, 3.63) is 114 Å². The van der Waals surface area contributed by atoms with Gasteiger partial charge in [0, 0.05) is 17.7 Å². The number of aliphatic hydroxyl groups excluding tert-OH is 1. The van der Waals surface area contributed by atoms with Crippen molar-refractivity contribution in [2.24, 2.45) is 0 Å². The number of nitrogen functional groups attached to an aromatic ring is 1. The summed E-state index contributed by atoms with van der Waals surface area (Å²) in [5.41, 5.74) is 7.96. The molecule has 0 spiro atoms. The third kappa shape index (κ3) is 8.15. The van der Waals surface area contributed by atoms with E-state index in [0.29, 0.717) is 18.5 Å². The number of hydrogen-bond donors (Lipinski definition) is 4. The average molecular weight is 460 g/mol. The van der Waals surface area contributed by atoms with Crippen molar-refractivity contribution in [1.29, 1.82) is 5.41 Å². The van der Waals surface area contributed by atoms with Gasteiger partial charge in [-0.3, -0.25) is 10.2 Å². The van der Waals surface area contributed by atoms with E-state index in [1.165, 1.54) is 6.07 Å². The second kappa shape index (κ2) is 14.2. The third-order valence-corrected chi connectivity index (χ3v) is 4.80. The lowest BCUT2D eigenvalue weighted by Crippen LogP contribution is -2.14. The fourth-order valence-corrected chi connectivity index (χ4v) is 3.11. The van der Waals surface area contributed by atoms with E-state index >= 15 is 0 Å². The highest BCUT2D eigenvalue weighted by Gasteiger charge is 2.13. The van der Waals surface area contributed by atoms with Gasteiger partial charge < -0.3 is 16.2 Å². The highest BCUT2D eigenvalue weighted by atomic mass is 19.1. The van der Waals surface area contributed by atoms with E-state index in [4.69, 9.17) is 16.2 Å². The molecule has 5 nitrogen and oxygen atoms in total. The fraction of sp³-hybridized carbons (Fsp3) is 0.143. The Morgan fingerprint density at radius 2 is 1.74 bits per heavy atom. The Balaban J connectivity index is 0.000000257. The van der Waals surface area contributed by atoms with Crippen molar-refractivity contribution in [3.8, 4) is 0 Å².